The molecule has 122 valence electrons. The summed E-state index contributed by atoms with van der Waals surface area (Å²) in [5, 5.41) is 9.81. The van der Waals surface area contributed by atoms with Crippen LogP contribution >= 0.6 is 0 Å². The number of para-hydroxylation sites is 1. The molecule has 0 fully saturated rings. The van der Waals surface area contributed by atoms with Gasteiger partial charge in [0.15, 0.2) is 0 Å². The average Bonchev–Trinajstić information content (AvgIpc) is 2.99. The van der Waals surface area contributed by atoms with Gasteiger partial charge >= 0.3 is 0 Å². The Hall–Kier alpha value is -2.63. The van der Waals surface area contributed by atoms with E-state index in [1.807, 2.05) is 50.4 Å². The zero-order valence-electron chi connectivity index (χ0n) is 13.6. The molecule has 6 nitrogen and oxygen atoms in total. The summed E-state index contributed by atoms with van der Waals surface area (Å²) in [6.07, 6.45) is 3.59. The summed E-state index contributed by atoms with van der Waals surface area (Å²) >= 11 is 0. The number of hydrogen-bond acceptors (Lipinski definition) is 3. The van der Waals surface area contributed by atoms with Crippen molar-refractivity contribution in [3.05, 3.63) is 48.3 Å². The van der Waals surface area contributed by atoms with Gasteiger partial charge in [-0.3, -0.25) is 9.59 Å². The zero-order chi connectivity index (χ0) is 16.8. The van der Waals surface area contributed by atoms with Crippen LogP contribution in [0.2, 0.25) is 0 Å². The number of aromatic nitrogens is 2. The summed E-state index contributed by atoms with van der Waals surface area (Å²) in [5.41, 5.74) is 1.86. The predicted octanol–water partition coefficient (Wildman–Crippen LogP) is 1.65. The Balaban J connectivity index is 1.96. The van der Waals surface area contributed by atoms with Crippen molar-refractivity contribution in [2.75, 3.05) is 0 Å². The van der Waals surface area contributed by atoms with Gasteiger partial charge in [-0.05, 0) is 18.1 Å². The molecule has 2 amide bonds. The van der Waals surface area contributed by atoms with Crippen molar-refractivity contribution in [2.24, 2.45) is 5.92 Å². The van der Waals surface area contributed by atoms with E-state index in [0.717, 1.165) is 11.3 Å². The smallest absolute Gasteiger partial charge is 0.243 e. The Bertz CT molecular complexity index is 664. The normalized spacial score (nSPS) is 12.0. The first-order valence-corrected chi connectivity index (χ1v) is 7.61. The minimum Gasteiger partial charge on any atom is -0.350 e. The Morgan fingerprint density at radius 2 is 1.91 bits per heavy atom. The molecule has 1 aromatic heterocycles. The van der Waals surface area contributed by atoms with Crippen LogP contribution < -0.4 is 10.6 Å². The maximum atomic E-state index is 12.2. The molecule has 0 bridgehead atoms. The third-order valence-corrected chi connectivity index (χ3v) is 3.43. The third-order valence-electron chi connectivity index (χ3n) is 3.43. The summed E-state index contributed by atoms with van der Waals surface area (Å²) in [4.78, 5) is 23.4. The highest BCUT2D eigenvalue weighted by Crippen LogP contribution is 2.08. The number of nitrogens with zero attached hydrogens (tertiary/aromatic N) is 2. The second-order valence-corrected chi connectivity index (χ2v) is 5.77. The molecule has 2 rings (SSSR count). The molecule has 0 aliphatic heterocycles. The number of amides is 2. The van der Waals surface area contributed by atoms with Crippen molar-refractivity contribution >= 4 is 11.8 Å². The monoisotopic (exact) mass is 314 g/mol. The molecule has 1 heterocycles. The minimum absolute atomic E-state index is 0.0194. The molecular formula is C17H22N4O2. The summed E-state index contributed by atoms with van der Waals surface area (Å²) in [7, 11) is 0. The predicted molar refractivity (Wildman–Crippen MR) is 87.9 cm³/mol. The van der Waals surface area contributed by atoms with Crippen LogP contribution in [0.5, 0.6) is 0 Å². The van der Waals surface area contributed by atoms with Gasteiger partial charge in [0.1, 0.15) is 6.04 Å². The lowest BCUT2D eigenvalue weighted by Gasteiger charge is -2.20. The van der Waals surface area contributed by atoms with E-state index in [0.29, 0.717) is 6.54 Å². The van der Waals surface area contributed by atoms with Crippen LogP contribution in [0, 0.1) is 5.92 Å². The lowest BCUT2D eigenvalue weighted by molar-refractivity contribution is -0.129. The second kappa shape index (κ2) is 7.58. The van der Waals surface area contributed by atoms with Crippen LogP contribution in [-0.2, 0) is 16.1 Å². The fourth-order valence-corrected chi connectivity index (χ4v) is 2.23. The first-order valence-electron chi connectivity index (χ1n) is 7.61. The van der Waals surface area contributed by atoms with Crippen LogP contribution in [-0.4, -0.2) is 27.6 Å². The van der Waals surface area contributed by atoms with E-state index >= 15 is 0 Å². The third kappa shape index (κ3) is 4.67. The second-order valence-electron chi connectivity index (χ2n) is 5.77. The van der Waals surface area contributed by atoms with Crippen LogP contribution in [0.4, 0.5) is 0 Å². The van der Waals surface area contributed by atoms with E-state index in [9.17, 15) is 9.59 Å². The number of rotatable bonds is 6. The zero-order valence-corrected chi connectivity index (χ0v) is 13.6. The van der Waals surface area contributed by atoms with Gasteiger partial charge in [-0.15, -0.1) is 0 Å². The fourth-order valence-electron chi connectivity index (χ4n) is 2.23. The lowest BCUT2D eigenvalue weighted by Crippen LogP contribution is -2.48. The van der Waals surface area contributed by atoms with Gasteiger partial charge in [0.2, 0.25) is 11.8 Å². The molecule has 1 atom stereocenters. The van der Waals surface area contributed by atoms with Crippen LogP contribution in [0.3, 0.4) is 0 Å². The SMILES string of the molecule is CC(=O)NC(C(=O)NCc1cnn(-c2ccccc2)c1)C(C)C. The molecule has 1 aromatic carbocycles. The van der Waals surface area contributed by atoms with E-state index in [2.05, 4.69) is 15.7 Å². The van der Waals surface area contributed by atoms with E-state index in [1.165, 1.54) is 6.92 Å². The number of hydrogen-bond donors (Lipinski definition) is 2. The molecule has 2 N–H and O–H groups in total. The summed E-state index contributed by atoms with van der Waals surface area (Å²) in [6.45, 7) is 5.57. The van der Waals surface area contributed by atoms with Crippen LogP contribution in [0.25, 0.3) is 5.69 Å². The lowest BCUT2D eigenvalue weighted by atomic mass is 10.0. The highest BCUT2D eigenvalue weighted by Gasteiger charge is 2.22. The average molecular weight is 314 g/mol. The van der Waals surface area contributed by atoms with Crippen molar-refractivity contribution < 1.29 is 9.59 Å². The van der Waals surface area contributed by atoms with Gasteiger partial charge in [-0.2, -0.15) is 5.10 Å². The van der Waals surface area contributed by atoms with E-state index in [-0.39, 0.29) is 17.7 Å². The summed E-state index contributed by atoms with van der Waals surface area (Å²) in [6, 6.07) is 9.22. The van der Waals surface area contributed by atoms with E-state index in [1.54, 1.807) is 10.9 Å². The molecule has 23 heavy (non-hydrogen) atoms. The van der Waals surface area contributed by atoms with E-state index in [4.69, 9.17) is 0 Å². The number of carbonyl (C=O) groups excluding carboxylic acids is 2. The van der Waals surface area contributed by atoms with Gasteiger partial charge in [0.05, 0.1) is 11.9 Å². The molecule has 2 aromatic rings. The first-order chi connectivity index (χ1) is 11.0. The summed E-state index contributed by atoms with van der Waals surface area (Å²) < 4.78 is 1.76. The van der Waals surface area contributed by atoms with Crippen molar-refractivity contribution in [3.63, 3.8) is 0 Å². The van der Waals surface area contributed by atoms with Crippen molar-refractivity contribution in [1.29, 1.82) is 0 Å². The van der Waals surface area contributed by atoms with Gasteiger partial charge in [-0.1, -0.05) is 32.0 Å². The Kier molecular flexibility index (Phi) is 5.51. The largest absolute Gasteiger partial charge is 0.350 e. The number of benzene rings is 1. The van der Waals surface area contributed by atoms with Gasteiger partial charge in [-0.25, -0.2) is 4.68 Å². The Morgan fingerprint density at radius 1 is 1.22 bits per heavy atom. The molecular weight excluding hydrogens is 292 g/mol. The maximum absolute atomic E-state index is 12.2. The Labute approximate surface area is 135 Å². The molecule has 6 heteroatoms. The molecule has 0 saturated carbocycles. The highest BCUT2D eigenvalue weighted by atomic mass is 16.2. The minimum atomic E-state index is -0.531. The standard InChI is InChI=1S/C17H22N4O2/c1-12(2)16(20-13(3)22)17(23)18-9-14-10-19-21(11-14)15-7-5-4-6-8-15/h4-8,10-12,16H,9H2,1-3H3,(H,18,23)(H,20,22). The molecule has 0 aliphatic rings. The number of nitrogens with one attached hydrogen (secondary N) is 2. The van der Waals surface area contributed by atoms with Crippen molar-refractivity contribution in [1.82, 2.24) is 20.4 Å². The number of carbonyl (C=O) groups is 2. The molecule has 0 spiro atoms. The van der Waals surface area contributed by atoms with Crippen LogP contribution in [0.1, 0.15) is 26.3 Å². The topological polar surface area (TPSA) is 76.0 Å². The Morgan fingerprint density at radius 3 is 2.52 bits per heavy atom. The van der Waals surface area contributed by atoms with E-state index < -0.39 is 6.04 Å². The van der Waals surface area contributed by atoms with Gasteiger partial charge in [0.25, 0.3) is 0 Å². The van der Waals surface area contributed by atoms with Crippen molar-refractivity contribution in [3.8, 4) is 5.69 Å². The van der Waals surface area contributed by atoms with Crippen molar-refractivity contribution in [2.45, 2.75) is 33.4 Å². The molecule has 0 aliphatic carbocycles. The molecule has 1 unspecified atom stereocenters. The van der Waals surface area contributed by atoms with Gasteiger partial charge < -0.3 is 10.6 Å². The van der Waals surface area contributed by atoms with Gasteiger partial charge in [0, 0.05) is 25.2 Å². The molecule has 0 radical (unpaired) electrons. The fraction of sp³-hybridized carbons (Fsp3) is 0.353. The molecule has 0 saturated heterocycles. The quantitative estimate of drug-likeness (QED) is 0.851. The van der Waals surface area contributed by atoms with Crippen LogP contribution in [0.15, 0.2) is 42.7 Å². The summed E-state index contributed by atoms with van der Waals surface area (Å²) in [5.74, 6) is -0.385. The first kappa shape index (κ1) is 16.7. The maximum Gasteiger partial charge on any atom is 0.243 e. The highest BCUT2D eigenvalue weighted by molar-refractivity contribution is 5.86.